The zero-order chi connectivity index (χ0) is 14.5. The normalized spacial score (nSPS) is 10.6. The van der Waals surface area contributed by atoms with Gasteiger partial charge in [0, 0.05) is 22.4 Å². The number of methoxy groups -OCH3 is 1. The minimum absolute atomic E-state index is 0.325. The standard InChI is InChI=1S/C14H13Br2NO2S/c1-19-14(18)9-2-3-10(12(15)6-9)7-17-8-11-4-5-13(16)20-11/h2-6,17H,7-8H2,1H3. The Morgan fingerprint density at radius 2 is 2.05 bits per heavy atom. The van der Waals surface area contributed by atoms with E-state index in [1.165, 1.54) is 12.0 Å². The number of rotatable bonds is 5. The van der Waals surface area contributed by atoms with Gasteiger partial charge in [0.2, 0.25) is 0 Å². The van der Waals surface area contributed by atoms with Gasteiger partial charge in [-0.1, -0.05) is 22.0 Å². The second kappa shape index (κ2) is 7.36. The van der Waals surface area contributed by atoms with E-state index >= 15 is 0 Å². The lowest BCUT2D eigenvalue weighted by atomic mass is 10.1. The van der Waals surface area contributed by atoms with Gasteiger partial charge in [0.25, 0.3) is 0 Å². The van der Waals surface area contributed by atoms with Crippen LogP contribution in [0.5, 0.6) is 0 Å². The molecule has 20 heavy (non-hydrogen) atoms. The molecule has 0 atom stereocenters. The molecule has 1 heterocycles. The smallest absolute Gasteiger partial charge is 0.337 e. The second-order valence-corrected chi connectivity index (χ2v) is 7.51. The van der Waals surface area contributed by atoms with E-state index in [0.717, 1.165) is 26.9 Å². The third-order valence-electron chi connectivity index (χ3n) is 2.72. The van der Waals surface area contributed by atoms with Gasteiger partial charge in [-0.05, 0) is 45.8 Å². The summed E-state index contributed by atoms with van der Waals surface area (Å²) in [5, 5.41) is 3.38. The number of carbonyl (C=O) groups excluding carboxylic acids is 1. The van der Waals surface area contributed by atoms with Gasteiger partial charge in [0.05, 0.1) is 16.5 Å². The van der Waals surface area contributed by atoms with Gasteiger partial charge >= 0.3 is 5.97 Å². The quantitative estimate of drug-likeness (QED) is 0.733. The van der Waals surface area contributed by atoms with Crippen molar-refractivity contribution in [3.8, 4) is 0 Å². The first-order valence-electron chi connectivity index (χ1n) is 5.92. The molecule has 0 saturated heterocycles. The predicted octanol–water partition coefficient (Wildman–Crippen LogP) is 4.35. The van der Waals surface area contributed by atoms with Crippen molar-refractivity contribution in [2.75, 3.05) is 7.11 Å². The summed E-state index contributed by atoms with van der Waals surface area (Å²) in [5.74, 6) is -0.325. The Balaban J connectivity index is 1.94. The van der Waals surface area contributed by atoms with Crippen molar-refractivity contribution in [2.24, 2.45) is 0 Å². The van der Waals surface area contributed by atoms with Crippen molar-refractivity contribution in [1.29, 1.82) is 0 Å². The summed E-state index contributed by atoms with van der Waals surface area (Å²) >= 11 is 8.65. The Bertz CT molecular complexity index is 613. The van der Waals surface area contributed by atoms with Crippen LogP contribution in [0.25, 0.3) is 0 Å². The number of nitrogens with one attached hydrogen (secondary N) is 1. The molecule has 0 unspecified atom stereocenters. The van der Waals surface area contributed by atoms with Crippen LogP contribution in [-0.2, 0) is 17.8 Å². The van der Waals surface area contributed by atoms with Crippen molar-refractivity contribution >= 4 is 49.2 Å². The van der Waals surface area contributed by atoms with E-state index in [9.17, 15) is 4.79 Å². The van der Waals surface area contributed by atoms with Gasteiger partial charge in [-0.3, -0.25) is 0 Å². The number of esters is 1. The molecule has 6 heteroatoms. The molecule has 1 aromatic carbocycles. The first kappa shape index (κ1) is 15.7. The molecule has 1 N–H and O–H groups in total. The lowest BCUT2D eigenvalue weighted by Crippen LogP contribution is -2.12. The molecule has 0 spiro atoms. The molecule has 1 aromatic heterocycles. The Kier molecular flexibility index (Phi) is 5.77. The van der Waals surface area contributed by atoms with Crippen LogP contribution in [0.4, 0.5) is 0 Å². The summed E-state index contributed by atoms with van der Waals surface area (Å²) in [5.41, 5.74) is 1.65. The van der Waals surface area contributed by atoms with Crippen LogP contribution in [0.2, 0.25) is 0 Å². The van der Waals surface area contributed by atoms with Crippen molar-refractivity contribution < 1.29 is 9.53 Å². The van der Waals surface area contributed by atoms with E-state index < -0.39 is 0 Å². The number of benzene rings is 1. The van der Waals surface area contributed by atoms with E-state index in [0.29, 0.717) is 5.56 Å². The summed E-state index contributed by atoms with van der Waals surface area (Å²) in [6.07, 6.45) is 0. The third-order valence-corrected chi connectivity index (χ3v) is 5.08. The SMILES string of the molecule is COC(=O)c1ccc(CNCc2ccc(Br)s2)c(Br)c1. The van der Waals surface area contributed by atoms with Gasteiger partial charge in [0.1, 0.15) is 0 Å². The fourth-order valence-electron chi connectivity index (χ4n) is 1.70. The van der Waals surface area contributed by atoms with Crippen LogP contribution >= 0.6 is 43.2 Å². The van der Waals surface area contributed by atoms with E-state index in [2.05, 4.69) is 43.2 Å². The largest absolute Gasteiger partial charge is 0.465 e. The van der Waals surface area contributed by atoms with Gasteiger partial charge in [-0.25, -0.2) is 4.79 Å². The van der Waals surface area contributed by atoms with Gasteiger partial charge in [-0.2, -0.15) is 0 Å². The maximum atomic E-state index is 11.4. The second-order valence-electron chi connectivity index (χ2n) is 4.11. The van der Waals surface area contributed by atoms with Crippen LogP contribution in [0.3, 0.4) is 0 Å². The van der Waals surface area contributed by atoms with Crippen LogP contribution in [-0.4, -0.2) is 13.1 Å². The molecular weight excluding hydrogens is 406 g/mol. The number of thiophene rings is 1. The molecule has 0 aliphatic heterocycles. The lowest BCUT2D eigenvalue weighted by Gasteiger charge is -2.07. The highest BCUT2D eigenvalue weighted by Gasteiger charge is 2.08. The summed E-state index contributed by atoms with van der Waals surface area (Å²) in [7, 11) is 1.38. The topological polar surface area (TPSA) is 38.3 Å². The summed E-state index contributed by atoms with van der Waals surface area (Å²) < 4.78 is 6.73. The maximum absolute atomic E-state index is 11.4. The molecular formula is C14H13Br2NO2S. The first-order chi connectivity index (χ1) is 9.60. The highest BCUT2D eigenvalue weighted by Crippen LogP contribution is 2.22. The zero-order valence-electron chi connectivity index (χ0n) is 10.8. The fourth-order valence-corrected chi connectivity index (χ4v) is 3.67. The predicted molar refractivity (Wildman–Crippen MR) is 88.0 cm³/mol. The summed E-state index contributed by atoms with van der Waals surface area (Å²) in [6, 6.07) is 9.62. The monoisotopic (exact) mass is 417 g/mol. The zero-order valence-corrected chi connectivity index (χ0v) is 14.8. The summed E-state index contributed by atoms with van der Waals surface area (Å²) in [4.78, 5) is 12.7. The Morgan fingerprint density at radius 3 is 2.65 bits per heavy atom. The number of carbonyl (C=O) groups is 1. The molecule has 2 aromatic rings. The Labute approximate surface area is 138 Å². The molecule has 3 nitrogen and oxygen atoms in total. The number of hydrogen-bond donors (Lipinski definition) is 1. The van der Waals surface area contributed by atoms with Gasteiger partial charge in [0.15, 0.2) is 0 Å². The van der Waals surface area contributed by atoms with Crippen LogP contribution in [0.1, 0.15) is 20.8 Å². The van der Waals surface area contributed by atoms with Crippen LogP contribution < -0.4 is 5.32 Å². The number of ether oxygens (including phenoxy) is 1. The highest BCUT2D eigenvalue weighted by molar-refractivity contribution is 9.11. The van der Waals surface area contributed by atoms with E-state index in [1.54, 1.807) is 23.5 Å². The van der Waals surface area contributed by atoms with Gasteiger partial charge in [-0.15, -0.1) is 11.3 Å². The molecule has 0 fully saturated rings. The number of halogens is 2. The maximum Gasteiger partial charge on any atom is 0.337 e. The van der Waals surface area contributed by atoms with E-state index in [-0.39, 0.29) is 5.97 Å². The third kappa shape index (κ3) is 4.15. The van der Waals surface area contributed by atoms with Crippen LogP contribution in [0, 0.1) is 0 Å². The molecule has 2 rings (SSSR count). The fraction of sp³-hybridized carbons (Fsp3) is 0.214. The molecule has 0 amide bonds. The van der Waals surface area contributed by atoms with Gasteiger partial charge < -0.3 is 10.1 Å². The number of hydrogen-bond acceptors (Lipinski definition) is 4. The minimum Gasteiger partial charge on any atom is -0.465 e. The van der Waals surface area contributed by atoms with Crippen molar-refractivity contribution in [2.45, 2.75) is 13.1 Å². The molecule has 0 saturated carbocycles. The van der Waals surface area contributed by atoms with Crippen molar-refractivity contribution in [3.63, 3.8) is 0 Å². The minimum atomic E-state index is -0.325. The average Bonchev–Trinajstić information content (AvgIpc) is 2.85. The molecule has 0 aliphatic carbocycles. The molecule has 0 aliphatic rings. The molecule has 0 bridgehead atoms. The lowest BCUT2D eigenvalue weighted by molar-refractivity contribution is 0.0600. The molecule has 0 radical (unpaired) electrons. The van der Waals surface area contributed by atoms with E-state index in [4.69, 9.17) is 4.74 Å². The summed E-state index contributed by atoms with van der Waals surface area (Å²) in [6.45, 7) is 1.55. The Hall–Kier alpha value is -0.690. The van der Waals surface area contributed by atoms with Crippen LogP contribution in [0.15, 0.2) is 38.6 Å². The van der Waals surface area contributed by atoms with E-state index in [1.807, 2.05) is 12.1 Å². The first-order valence-corrected chi connectivity index (χ1v) is 8.32. The average molecular weight is 419 g/mol. The molecule has 106 valence electrons. The Morgan fingerprint density at radius 1 is 1.25 bits per heavy atom. The highest BCUT2D eigenvalue weighted by atomic mass is 79.9. The van der Waals surface area contributed by atoms with Crippen molar-refractivity contribution in [1.82, 2.24) is 5.32 Å². The van der Waals surface area contributed by atoms with Crippen molar-refractivity contribution in [3.05, 3.63) is 54.6 Å².